The predicted molar refractivity (Wildman–Crippen MR) is 98.8 cm³/mol. The molecule has 2 heterocycles. The molecule has 0 radical (unpaired) electrons. The zero-order valence-corrected chi connectivity index (χ0v) is 15.9. The predicted octanol–water partition coefficient (Wildman–Crippen LogP) is 2.90. The number of anilines is 1. The van der Waals surface area contributed by atoms with Crippen LogP contribution in [-0.4, -0.2) is 37.5 Å². The number of sulfonamides is 1. The molecule has 2 aromatic rings. The molecule has 1 aliphatic heterocycles. The molecule has 7 nitrogen and oxygen atoms in total. The Hall–Kier alpha value is -2.06. The topological polar surface area (TPSA) is 82.5 Å². The second-order valence-electron chi connectivity index (χ2n) is 6.75. The average Bonchev–Trinajstić information content (AvgIpc) is 3.02. The molecule has 1 fully saturated rings. The Morgan fingerprint density at radius 2 is 1.96 bits per heavy atom. The van der Waals surface area contributed by atoms with Gasteiger partial charge >= 0.3 is 0 Å². The summed E-state index contributed by atoms with van der Waals surface area (Å²) < 4.78 is 40.3. The van der Waals surface area contributed by atoms with Gasteiger partial charge < -0.3 is 9.47 Å². The minimum atomic E-state index is -3.66. The first-order valence-electron chi connectivity index (χ1n) is 8.82. The molecule has 8 heteroatoms. The lowest BCUT2D eigenvalue weighted by molar-refractivity contribution is 0.0601. The van der Waals surface area contributed by atoms with Gasteiger partial charge in [-0.1, -0.05) is 0 Å². The zero-order chi connectivity index (χ0) is 18.6. The third-order valence-corrected chi connectivity index (χ3v) is 5.57. The minimum Gasteiger partial charge on any atom is -0.491 e. The first-order valence-corrected chi connectivity index (χ1v) is 10.3. The standard InChI is InChI=1S/C18H25N3O4S/c1-14(2)25-17-3-5-18(6-4-17)26(22,23)20-16-11-19-21(13-16)12-15-7-9-24-10-8-15/h3-6,11,13-15,20H,7-10,12H2,1-2H3. The molecule has 1 saturated heterocycles. The summed E-state index contributed by atoms with van der Waals surface area (Å²) in [6.07, 6.45) is 5.31. The van der Waals surface area contributed by atoms with E-state index < -0.39 is 10.0 Å². The summed E-state index contributed by atoms with van der Waals surface area (Å²) in [4.78, 5) is 0.186. The summed E-state index contributed by atoms with van der Waals surface area (Å²) in [5, 5.41) is 4.26. The molecule has 0 saturated carbocycles. The van der Waals surface area contributed by atoms with Crippen molar-refractivity contribution >= 4 is 15.7 Å². The third-order valence-electron chi connectivity index (χ3n) is 4.18. The number of hydrogen-bond donors (Lipinski definition) is 1. The van der Waals surface area contributed by atoms with E-state index in [0.717, 1.165) is 32.6 Å². The molecule has 0 amide bonds. The fourth-order valence-corrected chi connectivity index (χ4v) is 3.92. The minimum absolute atomic E-state index is 0.0390. The molecule has 1 aromatic carbocycles. The highest BCUT2D eigenvalue weighted by molar-refractivity contribution is 7.92. The van der Waals surface area contributed by atoms with Crippen LogP contribution in [0.5, 0.6) is 5.75 Å². The fraction of sp³-hybridized carbons (Fsp3) is 0.500. The monoisotopic (exact) mass is 379 g/mol. The number of aromatic nitrogens is 2. The first kappa shape index (κ1) is 18.7. The number of rotatable bonds is 7. The number of benzene rings is 1. The molecule has 142 valence electrons. The second kappa shape index (κ2) is 8.09. The summed E-state index contributed by atoms with van der Waals surface area (Å²) in [6, 6.07) is 6.38. The van der Waals surface area contributed by atoms with E-state index in [1.54, 1.807) is 23.0 Å². The smallest absolute Gasteiger partial charge is 0.261 e. The molecular formula is C18H25N3O4S. The summed E-state index contributed by atoms with van der Waals surface area (Å²) in [5.41, 5.74) is 0.458. The van der Waals surface area contributed by atoms with Crippen LogP contribution in [0.2, 0.25) is 0 Å². The van der Waals surface area contributed by atoms with Crippen LogP contribution in [0, 0.1) is 5.92 Å². The zero-order valence-electron chi connectivity index (χ0n) is 15.1. The molecule has 0 aliphatic carbocycles. The molecule has 0 bridgehead atoms. The van der Waals surface area contributed by atoms with E-state index in [2.05, 4.69) is 9.82 Å². The van der Waals surface area contributed by atoms with Crippen molar-refractivity contribution in [2.45, 2.75) is 44.2 Å². The summed E-state index contributed by atoms with van der Waals surface area (Å²) in [7, 11) is -3.66. The van der Waals surface area contributed by atoms with E-state index in [0.29, 0.717) is 17.4 Å². The molecule has 3 rings (SSSR count). The van der Waals surface area contributed by atoms with Crippen molar-refractivity contribution in [3.8, 4) is 5.75 Å². The van der Waals surface area contributed by atoms with Crippen molar-refractivity contribution in [3.05, 3.63) is 36.7 Å². The van der Waals surface area contributed by atoms with Gasteiger partial charge in [0.25, 0.3) is 10.0 Å². The van der Waals surface area contributed by atoms with Crippen molar-refractivity contribution < 1.29 is 17.9 Å². The normalized spacial score (nSPS) is 16.0. The third kappa shape index (κ3) is 4.98. The second-order valence-corrected chi connectivity index (χ2v) is 8.43. The van der Waals surface area contributed by atoms with Gasteiger partial charge in [0.05, 0.1) is 22.9 Å². The highest BCUT2D eigenvalue weighted by atomic mass is 32.2. The molecule has 0 atom stereocenters. The van der Waals surface area contributed by atoms with Crippen LogP contribution in [0.3, 0.4) is 0 Å². The van der Waals surface area contributed by atoms with Crippen molar-refractivity contribution in [3.63, 3.8) is 0 Å². The maximum absolute atomic E-state index is 12.5. The van der Waals surface area contributed by atoms with Gasteiger partial charge in [-0.15, -0.1) is 0 Å². The van der Waals surface area contributed by atoms with E-state index in [-0.39, 0.29) is 11.0 Å². The van der Waals surface area contributed by atoms with E-state index >= 15 is 0 Å². The lowest BCUT2D eigenvalue weighted by Crippen LogP contribution is -2.20. The Morgan fingerprint density at radius 1 is 1.27 bits per heavy atom. The van der Waals surface area contributed by atoms with Crippen LogP contribution >= 0.6 is 0 Å². The highest BCUT2D eigenvalue weighted by Crippen LogP contribution is 2.21. The van der Waals surface area contributed by atoms with E-state index in [9.17, 15) is 8.42 Å². The Balaban J connectivity index is 1.63. The van der Waals surface area contributed by atoms with Crippen molar-refractivity contribution in [2.75, 3.05) is 17.9 Å². The van der Waals surface area contributed by atoms with Crippen molar-refractivity contribution in [2.24, 2.45) is 5.92 Å². The molecular weight excluding hydrogens is 354 g/mol. The SMILES string of the molecule is CC(C)Oc1ccc(S(=O)(=O)Nc2cnn(CC3CCOCC3)c2)cc1. The average molecular weight is 379 g/mol. The van der Waals surface area contributed by atoms with Crippen LogP contribution in [0.4, 0.5) is 5.69 Å². The number of hydrogen-bond acceptors (Lipinski definition) is 5. The van der Waals surface area contributed by atoms with Crippen molar-refractivity contribution in [1.82, 2.24) is 9.78 Å². The Bertz CT molecular complexity index is 809. The molecule has 0 unspecified atom stereocenters. The lowest BCUT2D eigenvalue weighted by Gasteiger charge is -2.21. The lowest BCUT2D eigenvalue weighted by atomic mass is 10.0. The molecule has 1 aliphatic rings. The van der Waals surface area contributed by atoms with Gasteiger partial charge in [0.1, 0.15) is 5.75 Å². The van der Waals surface area contributed by atoms with E-state index in [1.165, 1.54) is 18.3 Å². The largest absolute Gasteiger partial charge is 0.491 e. The highest BCUT2D eigenvalue weighted by Gasteiger charge is 2.17. The fourth-order valence-electron chi connectivity index (χ4n) is 2.89. The maximum atomic E-state index is 12.5. The molecule has 0 spiro atoms. The maximum Gasteiger partial charge on any atom is 0.261 e. The first-order chi connectivity index (χ1) is 12.4. The quantitative estimate of drug-likeness (QED) is 0.800. The van der Waals surface area contributed by atoms with Crippen molar-refractivity contribution in [1.29, 1.82) is 0 Å². The van der Waals surface area contributed by atoms with Gasteiger partial charge in [-0.05, 0) is 56.9 Å². The Morgan fingerprint density at radius 3 is 2.62 bits per heavy atom. The van der Waals surface area contributed by atoms with E-state index in [1.807, 2.05) is 13.8 Å². The van der Waals surface area contributed by atoms with E-state index in [4.69, 9.17) is 9.47 Å². The van der Waals surface area contributed by atoms with Crippen LogP contribution < -0.4 is 9.46 Å². The molecule has 1 aromatic heterocycles. The van der Waals surface area contributed by atoms with Crippen LogP contribution in [0.25, 0.3) is 0 Å². The van der Waals surface area contributed by atoms with Gasteiger partial charge in [0, 0.05) is 26.0 Å². The number of nitrogens with one attached hydrogen (secondary N) is 1. The molecule has 26 heavy (non-hydrogen) atoms. The number of ether oxygens (including phenoxy) is 2. The van der Waals surface area contributed by atoms with Crippen LogP contribution in [0.15, 0.2) is 41.6 Å². The number of nitrogens with zero attached hydrogens (tertiary/aromatic N) is 2. The van der Waals surface area contributed by atoms with Crippen LogP contribution in [0.1, 0.15) is 26.7 Å². The van der Waals surface area contributed by atoms with Gasteiger partial charge in [0.2, 0.25) is 0 Å². The van der Waals surface area contributed by atoms with Gasteiger partial charge in [-0.25, -0.2) is 8.42 Å². The Labute approximate surface area is 154 Å². The van der Waals surface area contributed by atoms with Crippen LogP contribution in [-0.2, 0) is 21.3 Å². The molecule has 1 N–H and O–H groups in total. The summed E-state index contributed by atoms with van der Waals surface area (Å²) in [6.45, 7) is 6.17. The Kier molecular flexibility index (Phi) is 5.83. The van der Waals surface area contributed by atoms with Gasteiger partial charge in [0.15, 0.2) is 0 Å². The van der Waals surface area contributed by atoms with Gasteiger partial charge in [-0.3, -0.25) is 9.40 Å². The van der Waals surface area contributed by atoms with Gasteiger partial charge in [-0.2, -0.15) is 5.10 Å². The summed E-state index contributed by atoms with van der Waals surface area (Å²) >= 11 is 0. The summed E-state index contributed by atoms with van der Waals surface area (Å²) in [5.74, 6) is 1.16.